The molecule has 0 spiro atoms. The Morgan fingerprint density at radius 1 is 1.50 bits per heavy atom. The number of carbonyl (C=O) groups is 1. The van der Waals surface area contributed by atoms with E-state index in [1.807, 2.05) is 0 Å². The zero-order chi connectivity index (χ0) is 14.5. The molecule has 20 heavy (non-hydrogen) atoms. The molecule has 2 aliphatic rings. The molecule has 0 aromatic carbocycles. The number of hydrogen-bond acceptors (Lipinski definition) is 5. The molecule has 3 heterocycles. The summed E-state index contributed by atoms with van der Waals surface area (Å²) >= 11 is 0.934. The Hall–Kier alpha value is -0.960. The Labute approximate surface area is 120 Å². The molecule has 1 aromatic heterocycles. The van der Waals surface area contributed by atoms with Crippen LogP contribution in [0.3, 0.4) is 0 Å². The Kier molecular flexibility index (Phi) is 3.36. The lowest BCUT2D eigenvalue weighted by atomic mass is 9.96. The third-order valence-electron chi connectivity index (χ3n) is 3.79. The van der Waals surface area contributed by atoms with E-state index in [4.69, 9.17) is 9.84 Å². The average Bonchev–Trinajstić information content (AvgIpc) is 3.02. The van der Waals surface area contributed by atoms with Crippen molar-refractivity contribution in [2.45, 2.75) is 49.3 Å². The Morgan fingerprint density at radius 3 is 2.80 bits per heavy atom. The third kappa shape index (κ3) is 2.26. The number of carboxylic acid groups (broad SMARTS) is 1. The Bertz CT molecular complexity index is 651. The van der Waals surface area contributed by atoms with Gasteiger partial charge in [-0.25, -0.2) is 17.9 Å². The van der Waals surface area contributed by atoms with Crippen molar-refractivity contribution in [3.63, 3.8) is 0 Å². The van der Waals surface area contributed by atoms with Gasteiger partial charge in [-0.2, -0.15) is 0 Å². The molecule has 2 bridgehead atoms. The molecule has 3 atom stereocenters. The number of fused-ring (bicyclic) bond motifs is 2. The molecule has 2 aliphatic heterocycles. The van der Waals surface area contributed by atoms with Gasteiger partial charge < -0.3 is 9.84 Å². The minimum atomic E-state index is -3.83. The number of rotatable bonds is 4. The lowest BCUT2D eigenvalue weighted by Gasteiger charge is -2.20. The molecule has 0 saturated carbocycles. The van der Waals surface area contributed by atoms with Crippen LogP contribution in [0.25, 0.3) is 0 Å². The van der Waals surface area contributed by atoms with Crippen LogP contribution in [0, 0.1) is 6.92 Å². The topological polar surface area (TPSA) is 92.7 Å². The fraction of sp³-hybridized carbons (Fsp3) is 0.583. The second-order valence-electron chi connectivity index (χ2n) is 5.22. The molecule has 1 aromatic rings. The summed E-state index contributed by atoms with van der Waals surface area (Å²) in [5.41, 5.74) is 0.462. The summed E-state index contributed by atoms with van der Waals surface area (Å²) < 4.78 is 33.1. The van der Waals surface area contributed by atoms with Crippen molar-refractivity contribution in [2.75, 3.05) is 0 Å². The van der Waals surface area contributed by atoms with E-state index >= 15 is 0 Å². The van der Waals surface area contributed by atoms with Crippen LogP contribution in [-0.4, -0.2) is 37.7 Å². The van der Waals surface area contributed by atoms with E-state index in [2.05, 4.69) is 4.72 Å². The molecule has 2 fully saturated rings. The number of thiophene rings is 1. The van der Waals surface area contributed by atoms with Crippen LogP contribution in [0.4, 0.5) is 0 Å². The van der Waals surface area contributed by atoms with Crippen LogP contribution in [0.15, 0.2) is 10.3 Å². The number of ether oxygens (including phenoxy) is 1. The van der Waals surface area contributed by atoms with E-state index in [0.29, 0.717) is 12.0 Å². The molecule has 0 radical (unpaired) electrons. The number of carboxylic acids is 1. The predicted molar refractivity (Wildman–Crippen MR) is 72.6 cm³/mol. The van der Waals surface area contributed by atoms with E-state index < -0.39 is 16.0 Å². The van der Waals surface area contributed by atoms with Crippen molar-refractivity contribution in [3.05, 3.63) is 15.8 Å². The predicted octanol–water partition coefficient (Wildman–Crippen LogP) is 1.35. The van der Waals surface area contributed by atoms with Gasteiger partial charge in [0.05, 0.1) is 18.2 Å². The second-order valence-corrected chi connectivity index (χ2v) is 7.75. The van der Waals surface area contributed by atoms with E-state index in [-0.39, 0.29) is 28.0 Å². The number of hydrogen-bond donors (Lipinski definition) is 2. The molecular weight excluding hydrogens is 302 g/mol. The molecule has 6 nitrogen and oxygen atoms in total. The maximum atomic E-state index is 12.4. The molecule has 0 amide bonds. The molecule has 0 aliphatic carbocycles. The van der Waals surface area contributed by atoms with Gasteiger partial charge in [-0.1, -0.05) is 0 Å². The monoisotopic (exact) mass is 317 g/mol. The summed E-state index contributed by atoms with van der Waals surface area (Å²) in [6.45, 7) is 1.61. The minimum Gasteiger partial charge on any atom is -0.477 e. The highest BCUT2D eigenvalue weighted by Crippen LogP contribution is 2.36. The standard InChI is InChI=1S/C12H15NO5S2/c1-6-5-19-10(12(14)15)11(6)20(16,17)13-8-4-7-2-3-9(8)18-7/h5,7-9,13H,2-4H2,1H3,(H,14,15). The van der Waals surface area contributed by atoms with Gasteiger partial charge in [0.25, 0.3) is 0 Å². The van der Waals surface area contributed by atoms with E-state index in [9.17, 15) is 13.2 Å². The van der Waals surface area contributed by atoms with Crippen molar-refractivity contribution in [3.8, 4) is 0 Å². The van der Waals surface area contributed by atoms with Gasteiger partial charge in [-0.15, -0.1) is 11.3 Å². The maximum absolute atomic E-state index is 12.4. The van der Waals surface area contributed by atoms with Gasteiger partial charge in [-0.3, -0.25) is 0 Å². The highest BCUT2D eigenvalue weighted by Gasteiger charge is 2.43. The van der Waals surface area contributed by atoms with Crippen LogP contribution in [-0.2, 0) is 14.8 Å². The average molecular weight is 317 g/mol. The summed E-state index contributed by atoms with van der Waals surface area (Å²) in [6, 6.07) is -0.250. The third-order valence-corrected chi connectivity index (χ3v) is 6.69. The highest BCUT2D eigenvalue weighted by atomic mass is 32.2. The number of aryl methyl sites for hydroxylation is 1. The van der Waals surface area contributed by atoms with Crippen LogP contribution in [0.1, 0.15) is 34.5 Å². The maximum Gasteiger partial charge on any atom is 0.347 e. The fourth-order valence-corrected chi connectivity index (χ4v) is 5.84. The van der Waals surface area contributed by atoms with Crippen molar-refractivity contribution in [1.82, 2.24) is 4.72 Å². The lowest BCUT2D eigenvalue weighted by molar-refractivity contribution is 0.0698. The zero-order valence-corrected chi connectivity index (χ0v) is 12.5. The lowest BCUT2D eigenvalue weighted by Crippen LogP contribution is -2.41. The number of aromatic carboxylic acids is 1. The van der Waals surface area contributed by atoms with Gasteiger partial charge in [-0.05, 0) is 37.1 Å². The smallest absolute Gasteiger partial charge is 0.347 e. The highest BCUT2D eigenvalue weighted by molar-refractivity contribution is 7.89. The molecule has 110 valence electrons. The largest absolute Gasteiger partial charge is 0.477 e. The Morgan fingerprint density at radius 2 is 2.25 bits per heavy atom. The molecule has 3 unspecified atom stereocenters. The van der Waals surface area contributed by atoms with Crippen molar-refractivity contribution < 1.29 is 23.1 Å². The first kappa shape index (κ1) is 14.0. The van der Waals surface area contributed by atoms with Crippen LogP contribution < -0.4 is 4.72 Å². The van der Waals surface area contributed by atoms with Crippen molar-refractivity contribution in [2.24, 2.45) is 0 Å². The molecule has 2 saturated heterocycles. The van der Waals surface area contributed by atoms with Gasteiger partial charge in [0.15, 0.2) is 0 Å². The first-order valence-corrected chi connectivity index (χ1v) is 8.74. The summed E-state index contributed by atoms with van der Waals surface area (Å²) in [7, 11) is -3.83. The van der Waals surface area contributed by atoms with Crippen LogP contribution in [0.5, 0.6) is 0 Å². The summed E-state index contributed by atoms with van der Waals surface area (Å²) in [5, 5.41) is 10.7. The van der Waals surface area contributed by atoms with E-state index in [1.165, 1.54) is 0 Å². The zero-order valence-electron chi connectivity index (χ0n) is 10.8. The van der Waals surface area contributed by atoms with Gasteiger partial charge in [0.1, 0.15) is 9.77 Å². The van der Waals surface area contributed by atoms with E-state index in [1.54, 1.807) is 12.3 Å². The van der Waals surface area contributed by atoms with Gasteiger partial charge in [0.2, 0.25) is 10.0 Å². The van der Waals surface area contributed by atoms with Crippen molar-refractivity contribution in [1.29, 1.82) is 0 Å². The quantitative estimate of drug-likeness (QED) is 0.874. The number of nitrogens with one attached hydrogen (secondary N) is 1. The molecule has 8 heteroatoms. The second kappa shape index (κ2) is 4.80. The van der Waals surface area contributed by atoms with Crippen molar-refractivity contribution >= 4 is 27.3 Å². The van der Waals surface area contributed by atoms with E-state index in [0.717, 1.165) is 24.2 Å². The fourth-order valence-electron chi connectivity index (χ4n) is 2.94. The minimum absolute atomic E-state index is 0.0815. The summed E-state index contributed by atoms with van der Waals surface area (Å²) in [6.07, 6.45) is 2.54. The number of sulfonamides is 1. The van der Waals surface area contributed by atoms with Gasteiger partial charge in [0, 0.05) is 0 Å². The first-order chi connectivity index (χ1) is 9.38. The summed E-state index contributed by atoms with van der Waals surface area (Å²) in [5.74, 6) is -1.22. The SMILES string of the molecule is Cc1csc(C(=O)O)c1S(=O)(=O)NC1CC2CCC1O2. The first-order valence-electron chi connectivity index (χ1n) is 6.37. The van der Waals surface area contributed by atoms with Crippen LogP contribution >= 0.6 is 11.3 Å². The van der Waals surface area contributed by atoms with Gasteiger partial charge >= 0.3 is 5.97 Å². The normalized spacial score (nSPS) is 28.9. The van der Waals surface area contributed by atoms with Crippen LogP contribution in [0.2, 0.25) is 0 Å². The molecule has 3 rings (SSSR count). The molecule has 2 N–H and O–H groups in total. The summed E-state index contributed by atoms with van der Waals surface area (Å²) in [4.78, 5) is 10.9. The Balaban J connectivity index is 1.89. The molecular formula is C12H15NO5S2.